The molecular formula is C20H19FN4O3. The van der Waals surface area contributed by atoms with Gasteiger partial charge >= 0.3 is 5.97 Å². The van der Waals surface area contributed by atoms with Gasteiger partial charge in [0.2, 0.25) is 0 Å². The number of aryl methyl sites for hydroxylation is 1. The van der Waals surface area contributed by atoms with Crippen molar-refractivity contribution in [2.75, 3.05) is 6.61 Å². The van der Waals surface area contributed by atoms with E-state index in [0.717, 1.165) is 5.56 Å². The monoisotopic (exact) mass is 382 g/mol. The Balaban J connectivity index is 1.45. The highest BCUT2D eigenvalue weighted by atomic mass is 19.1. The quantitative estimate of drug-likeness (QED) is 0.634. The van der Waals surface area contributed by atoms with Gasteiger partial charge in [-0.25, -0.2) is 18.9 Å². The maximum Gasteiger partial charge on any atom is 0.338 e. The highest BCUT2D eigenvalue weighted by Crippen LogP contribution is 2.09. The van der Waals surface area contributed by atoms with Crippen molar-refractivity contribution in [2.24, 2.45) is 0 Å². The van der Waals surface area contributed by atoms with Crippen molar-refractivity contribution in [3.05, 3.63) is 83.2 Å². The van der Waals surface area contributed by atoms with E-state index < -0.39 is 18.5 Å². The van der Waals surface area contributed by atoms with E-state index in [1.165, 1.54) is 12.4 Å². The zero-order valence-corrected chi connectivity index (χ0v) is 15.3. The van der Waals surface area contributed by atoms with E-state index in [4.69, 9.17) is 4.74 Å². The van der Waals surface area contributed by atoms with Crippen LogP contribution >= 0.6 is 0 Å². The predicted molar refractivity (Wildman–Crippen MR) is 98.8 cm³/mol. The maximum absolute atomic E-state index is 13.5. The predicted octanol–water partition coefficient (Wildman–Crippen LogP) is 2.25. The highest BCUT2D eigenvalue weighted by molar-refractivity contribution is 5.91. The lowest BCUT2D eigenvalue weighted by molar-refractivity contribution is -0.124. The lowest BCUT2D eigenvalue weighted by Crippen LogP contribution is -2.28. The largest absolute Gasteiger partial charge is 0.452 e. The summed E-state index contributed by atoms with van der Waals surface area (Å²) in [7, 11) is 0. The highest BCUT2D eigenvalue weighted by Gasteiger charge is 2.10. The number of esters is 1. The lowest BCUT2D eigenvalue weighted by atomic mass is 10.1. The fourth-order valence-electron chi connectivity index (χ4n) is 2.46. The third-order valence-electron chi connectivity index (χ3n) is 4.06. The molecule has 0 saturated heterocycles. The van der Waals surface area contributed by atoms with E-state index in [1.807, 2.05) is 0 Å². The number of ether oxygens (including phenoxy) is 1. The standard InChI is InChI=1S/C20H19FN4O3/c1-14-2-3-16(8-18(14)21)9-23-19(26)11-28-20(27)17-6-4-15(5-7-17)10-25-13-22-12-24-25/h2-8,12-13H,9-11H2,1H3,(H,23,26). The minimum Gasteiger partial charge on any atom is -0.452 e. The van der Waals surface area contributed by atoms with Crippen molar-refractivity contribution < 1.29 is 18.7 Å². The molecule has 144 valence electrons. The zero-order valence-electron chi connectivity index (χ0n) is 15.3. The van der Waals surface area contributed by atoms with Crippen LogP contribution in [0.5, 0.6) is 0 Å². The summed E-state index contributed by atoms with van der Waals surface area (Å²) in [5, 5.41) is 6.60. The SMILES string of the molecule is Cc1ccc(CNC(=O)COC(=O)c2ccc(Cn3cncn3)cc2)cc1F. The van der Waals surface area contributed by atoms with Gasteiger partial charge in [0.15, 0.2) is 6.61 Å². The molecule has 1 N–H and O–H groups in total. The van der Waals surface area contributed by atoms with Gasteiger partial charge < -0.3 is 10.1 Å². The topological polar surface area (TPSA) is 86.1 Å². The number of hydrogen-bond donors (Lipinski definition) is 1. The Morgan fingerprint density at radius 3 is 2.57 bits per heavy atom. The Morgan fingerprint density at radius 2 is 1.89 bits per heavy atom. The van der Waals surface area contributed by atoms with Crippen molar-refractivity contribution in [3.8, 4) is 0 Å². The van der Waals surface area contributed by atoms with Crippen molar-refractivity contribution >= 4 is 11.9 Å². The van der Waals surface area contributed by atoms with Crippen LogP contribution in [-0.4, -0.2) is 33.2 Å². The molecule has 3 rings (SSSR count). The number of carbonyl (C=O) groups is 2. The maximum atomic E-state index is 13.5. The normalized spacial score (nSPS) is 10.5. The Morgan fingerprint density at radius 1 is 1.14 bits per heavy atom. The Bertz CT molecular complexity index is 956. The molecule has 3 aromatic rings. The van der Waals surface area contributed by atoms with E-state index in [1.54, 1.807) is 54.3 Å². The number of nitrogens with one attached hydrogen (secondary N) is 1. The molecule has 8 heteroatoms. The summed E-state index contributed by atoms with van der Waals surface area (Å²) in [6.07, 6.45) is 3.05. The molecule has 0 saturated carbocycles. The number of rotatable bonds is 7. The number of amides is 1. The van der Waals surface area contributed by atoms with Crippen LogP contribution in [0.4, 0.5) is 4.39 Å². The second-order valence-corrected chi connectivity index (χ2v) is 6.23. The lowest BCUT2D eigenvalue weighted by Gasteiger charge is -2.08. The average Bonchev–Trinajstić information content (AvgIpc) is 3.20. The van der Waals surface area contributed by atoms with Gasteiger partial charge in [0.25, 0.3) is 5.91 Å². The molecule has 0 unspecified atom stereocenters. The summed E-state index contributed by atoms with van der Waals surface area (Å²) in [5.74, 6) is -1.38. The van der Waals surface area contributed by atoms with Gasteiger partial charge in [-0.2, -0.15) is 5.10 Å². The molecule has 28 heavy (non-hydrogen) atoms. The molecule has 0 spiro atoms. The minimum absolute atomic E-state index is 0.157. The molecule has 0 aliphatic heterocycles. The van der Waals surface area contributed by atoms with Gasteiger partial charge in [-0.1, -0.05) is 24.3 Å². The van der Waals surface area contributed by atoms with Crippen LogP contribution in [0.3, 0.4) is 0 Å². The molecule has 1 amide bonds. The molecule has 0 aliphatic carbocycles. The van der Waals surface area contributed by atoms with E-state index in [9.17, 15) is 14.0 Å². The van der Waals surface area contributed by atoms with Gasteiger partial charge in [-0.15, -0.1) is 0 Å². The molecular weight excluding hydrogens is 363 g/mol. The van der Waals surface area contributed by atoms with Crippen LogP contribution in [0, 0.1) is 12.7 Å². The van der Waals surface area contributed by atoms with Crippen LogP contribution in [-0.2, 0) is 22.6 Å². The molecule has 0 radical (unpaired) electrons. The second kappa shape index (κ2) is 8.90. The second-order valence-electron chi connectivity index (χ2n) is 6.23. The van der Waals surface area contributed by atoms with E-state index >= 15 is 0 Å². The fraction of sp³-hybridized carbons (Fsp3) is 0.200. The third kappa shape index (κ3) is 5.23. The summed E-state index contributed by atoms with van der Waals surface area (Å²) < 4.78 is 20.2. The van der Waals surface area contributed by atoms with Crippen molar-refractivity contribution in [1.82, 2.24) is 20.1 Å². The van der Waals surface area contributed by atoms with E-state index in [2.05, 4.69) is 15.4 Å². The number of benzene rings is 2. The van der Waals surface area contributed by atoms with E-state index in [0.29, 0.717) is 23.2 Å². The smallest absolute Gasteiger partial charge is 0.338 e. The number of nitrogens with zero attached hydrogens (tertiary/aromatic N) is 3. The third-order valence-corrected chi connectivity index (χ3v) is 4.06. The molecule has 7 nitrogen and oxygen atoms in total. The van der Waals surface area contributed by atoms with Gasteiger partial charge in [-0.05, 0) is 41.8 Å². The number of halogens is 1. The molecule has 0 bridgehead atoms. The van der Waals surface area contributed by atoms with Gasteiger partial charge in [0.05, 0.1) is 12.1 Å². The van der Waals surface area contributed by atoms with Crippen LogP contribution < -0.4 is 5.32 Å². The summed E-state index contributed by atoms with van der Waals surface area (Å²) >= 11 is 0. The summed E-state index contributed by atoms with van der Waals surface area (Å²) in [6, 6.07) is 11.6. The molecule has 0 atom stereocenters. The summed E-state index contributed by atoms with van der Waals surface area (Å²) in [5.41, 5.74) is 2.46. The number of aromatic nitrogens is 3. The zero-order chi connectivity index (χ0) is 19.9. The van der Waals surface area contributed by atoms with Crippen LogP contribution in [0.25, 0.3) is 0 Å². The van der Waals surface area contributed by atoms with E-state index in [-0.39, 0.29) is 12.4 Å². The first-order valence-electron chi connectivity index (χ1n) is 8.61. The van der Waals surface area contributed by atoms with Gasteiger partial charge in [-0.3, -0.25) is 4.79 Å². The number of hydrogen-bond acceptors (Lipinski definition) is 5. The van der Waals surface area contributed by atoms with Crippen molar-refractivity contribution in [1.29, 1.82) is 0 Å². The Labute approximate surface area is 161 Å². The first-order chi connectivity index (χ1) is 13.5. The van der Waals surface area contributed by atoms with Gasteiger partial charge in [0.1, 0.15) is 18.5 Å². The van der Waals surface area contributed by atoms with Crippen LogP contribution in [0.15, 0.2) is 55.1 Å². The van der Waals surface area contributed by atoms with Crippen LogP contribution in [0.2, 0.25) is 0 Å². The van der Waals surface area contributed by atoms with Crippen molar-refractivity contribution in [2.45, 2.75) is 20.0 Å². The number of carbonyl (C=O) groups excluding carboxylic acids is 2. The van der Waals surface area contributed by atoms with Crippen molar-refractivity contribution in [3.63, 3.8) is 0 Å². The minimum atomic E-state index is -0.594. The molecule has 2 aromatic carbocycles. The molecule has 1 aromatic heterocycles. The van der Waals surface area contributed by atoms with Gasteiger partial charge in [0, 0.05) is 6.54 Å². The summed E-state index contributed by atoms with van der Waals surface area (Å²) in [4.78, 5) is 27.8. The summed E-state index contributed by atoms with van der Waals surface area (Å²) in [6.45, 7) is 1.95. The van der Waals surface area contributed by atoms with Crippen LogP contribution in [0.1, 0.15) is 27.0 Å². The molecule has 0 fully saturated rings. The average molecular weight is 382 g/mol. The first-order valence-corrected chi connectivity index (χ1v) is 8.61. The molecule has 1 heterocycles. The fourth-order valence-corrected chi connectivity index (χ4v) is 2.46. The first kappa shape index (κ1) is 19.2. The Kier molecular flexibility index (Phi) is 6.11. The Hall–Kier alpha value is -3.55. The molecule has 0 aliphatic rings.